The Balaban J connectivity index is 0.00000218. The van der Waals surface area contributed by atoms with Crippen LogP contribution in [0.5, 0.6) is 11.5 Å². The van der Waals surface area contributed by atoms with Gasteiger partial charge in [0, 0.05) is 76.5 Å². The molecule has 0 radical (unpaired) electrons. The molecular weight excluding hydrogens is 1130 g/mol. The molecule has 6 aromatic rings. The molecule has 0 aliphatic heterocycles. The molecule has 3 aliphatic rings. The predicted octanol–water partition coefficient (Wildman–Crippen LogP) is 20.7. The lowest BCUT2D eigenvalue weighted by Crippen LogP contribution is -2.48. The number of allylic oxidation sites excluding steroid dienone is 2. The summed E-state index contributed by atoms with van der Waals surface area (Å²) < 4.78 is 135. The van der Waals surface area contributed by atoms with E-state index in [4.69, 9.17) is 23.4 Å². The van der Waals surface area contributed by atoms with Gasteiger partial charge in [0.05, 0.1) is 31.3 Å². The first-order valence-corrected chi connectivity index (χ1v) is 31.8. The average molecular weight is 1210 g/mol. The Bertz CT molecular complexity index is 3310. The van der Waals surface area contributed by atoms with Crippen molar-refractivity contribution in [2.75, 3.05) is 26.4 Å². The van der Waals surface area contributed by atoms with Gasteiger partial charge >= 0.3 is 29.7 Å². The number of benzene rings is 2. The monoisotopic (exact) mass is 1210 g/mol. The molecule has 2 aromatic carbocycles. The van der Waals surface area contributed by atoms with Crippen molar-refractivity contribution < 1.29 is 59.3 Å². The molecule has 3 aliphatic carbocycles. The van der Waals surface area contributed by atoms with Crippen molar-refractivity contribution in [2.45, 2.75) is 213 Å². The standard InChI is InChI=1S/C63H72F6O7S3.C4H10/c1-14-72-47(70)18-16-28-74-42-30-37-41(34-43(42)75-29-17-19-48(71)73-15-2)76-52(35-20-22-36(23-21-35)56(3,4)5)49(37)51-50(61(64,65)63(68,69)62(51,66)67)38-31-44(45-32-39-54(78-45)59(10,11)26-24-57(39,6)7)77-53(38)46-33-40-55(79-46)60(12,13)27-25-58(40,8)9;1-3-4-2/h20-23,30-34H,14-19,24-29H2,1-13H3;3-4H2,1-2H3. The predicted molar refractivity (Wildman–Crippen MR) is 327 cm³/mol. The highest BCUT2D eigenvalue weighted by molar-refractivity contribution is 7.27. The maximum atomic E-state index is 17.8. The first-order chi connectivity index (χ1) is 38.7. The summed E-state index contributed by atoms with van der Waals surface area (Å²) in [5.41, 5.74) is -2.50. The Morgan fingerprint density at radius 3 is 1.52 bits per heavy atom. The van der Waals surface area contributed by atoms with E-state index in [1.54, 1.807) is 38.1 Å². The van der Waals surface area contributed by atoms with Crippen molar-refractivity contribution in [3.63, 3.8) is 0 Å². The molecule has 7 nitrogen and oxygen atoms in total. The van der Waals surface area contributed by atoms with Crippen LogP contribution in [0.2, 0.25) is 0 Å². The number of unbranched alkanes of at least 4 members (excludes halogenated alkanes) is 1. The van der Waals surface area contributed by atoms with Crippen molar-refractivity contribution in [1.82, 2.24) is 0 Å². The fourth-order valence-electron chi connectivity index (χ4n) is 11.2. The highest BCUT2D eigenvalue weighted by atomic mass is 32.1. The third-order valence-electron chi connectivity index (χ3n) is 16.7. The average Bonchev–Trinajstić information content (AvgIpc) is 1.57. The van der Waals surface area contributed by atoms with Crippen LogP contribution in [0, 0.1) is 0 Å². The van der Waals surface area contributed by atoms with Crippen LogP contribution in [0.4, 0.5) is 26.3 Å². The van der Waals surface area contributed by atoms with Gasteiger partial charge in [-0.1, -0.05) is 127 Å². The number of thiophene rings is 3. The number of carbonyl (C=O) groups is 2. The van der Waals surface area contributed by atoms with Crippen molar-refractivity contribution in [1.29, 1.82) is 0 Å². The van der Waals surface area contributed by atoms with Crippen molar-refractivity contribution in [2.24, 2.45) is 0 Å². The van der Waals surface area contributed by atoms with E-state index in [0.717, 1.165) is 68.3 Å². The van der Waals surface area contributed by atoms with E-state index in [-0.39, 0.29) is 118 Å². The summed E-state index contributed by atoms with van der Waals surface area (Å²) in [5.74, 6) is -18.1. The summed E-state index contributed by atoms with van der Waals surface area (Å²) in [6.07, 6.45) is 6.49. The zero-order chi connectivity index (χ0) is 61.0. The number of rotatable bonds is 18. The zero-order valence-electron chi connectivity index (χ0n) is 50.9. The van der Waals surface area contributed by atoms with Gasteiger partial charge in [-0.05, 0) is 120 Å². The molecule has 0 bridgehead atoms. The summed E-state index contributed by atoms with van der Waals surface area (Å²) in [5, 5.41) is -0.211. The quantitative estimate of drug-likeness (QED) is 0.0481. The Morgan fingerprint density at radius 2 is 1.04 bits per heavy atom. The normalized spacial score (nSPS) is 18.7. The van der Waals surface area contributed by atoms with Crippen molar-refractivity contribution >= 4 is 68.1 Å². The molecule has 0 atom stereocenters. The molecule has 0 unspecified atom stereocenters. The van der Waals surface area contributed by atoms with Crippen molar-refractivity contribution in [3.8, 4) is 42.3 Å². The summed E-state index contributed by atoms with van der Waals surface area (Å²) in [4.78, 5) is 28.7. The molecule has 9 rings (SSSR count). The Labute approximate surface area is 498 Å². The first kappa shape index (κ1) is 63.9. The molecule has 4 aromatic heterocycles. The van der Waals surface area contributed by atoms with E-state index in [2.05, 4.69) is 75.3 Å². The summed E-state index contributed by atoms with van der Waals surface area (Å²) in [7, 11) is 0. The largest absolute Gasteiger partial charge is 0.490 e. The number of carbonyl (C=O) groups excluding carboxylic acids is 2. The molecule has 0 spiro atoms. The highest BCUT2D eigenvalue weighted by Crippen LogP contribution is 2.68. The van der Waals surface area contributed by atoms with E-state index in [0.29, 0.717) is 9.75 Å². The number of halogens is 6. The molecular formula is C67H82F6O7S3. The maximum Gasteiger partial charge on any atom is 0.380 e. The van der Waals surface area contributed by atoms with Crippen molar-refractivity contribution in [3.05, 3.63) is 92.2 Å². The van der Waals surface area contributed by atoms with Crippen LogP contribution in [0.15, 0.2) is 59.0 Å². The molecule has 452 valence electrons. The zero-order valence-corrected chi connectivity index (χ0v) is 53.4. The van der Waals surface area contributed by atoms with E-state index in [1.807, 2.05) is 26.8 Å². The number of hydrogen-bond donors (Lipinski definition) is 0. The molecule has 16 heteroatoms. The lowest BCUT2D eigenvalue weighted by atomic mass is 9.67. The second-order valence-electron chi connectivity index (χ2n) is 26.0. The number of fused-ring (bicyclic) bond motifs is 3. The molecule has 0 amide bonds. The van der Waals surface area contributed by atoms with Gasteiger partial charge in [0.2, 0.25) is 0 Å². The minimum absolute atomic E-state index is 0.0144. The van der Waals surface area contributed by atoms with Gasteiger partial charge in [-0.15, -0.1) is 34.0 Å². The minimum Gasteiger partial charge on any atom is -0.490 e. The first-order valence-electron chi connectivity index (χ1n) is 29.3. The second kappa shape index (κ2) is 23.7. The molecule has 0 fully saturated rings. The van der Waals surface area contributed by atoms with Crippen LogP contribution >= 0.6 is 34.0 Å². The van der Waals surface area contributed by atoms with Crippen LogP contribution in [0.25, 0.3) is 52.9 Å². The van der Waals surface area contributed by atoms with Gasteiger partial charge in [-0.25, -0.2) is 0 Å². The minimum atomic E-state index is -5.93. The van der Waals surface area contributed by atoms with E-state index >= 15 is 26.3 Å². The topological polar surface area (TPSA) is 84.2 Å². The molecule has 4 heterocycles. The van der Waals surface area contributed by atoms with Gasteiger partial charge in [0.25, 0.3) is 0 Å². The highest BCUT2D eigenvalue weighted by Gasteiger charge is 2.81. The number of esters is 2. The smallest absolute Gasteiger partial charge is 0.380 e. The van der Waals surface area contributed by atoms with Gasteiger partial charge in [0.15, 0.2) is 11.5 Å². The van der Waals surface area contributed by atoms with Gasteiger partial charge in [-0.3, -0.25) is 9.59 Å². The van der Waals surface area contributed by atoms with Gasteiger partial charge in [-0.2, -0.15) is 26.3 Å². The van der Waals surface area contributed by atoms with E-state index < -0.39 is 52.0 Å². The number of alkyl halides is 6. The van der Waals surface area contributed by atoms with Gasteiger partial charge in [0.1, 0.15) is 11.3 Å². The lowest BCUT2D eigenvalue weighted by molar-refractivity contribution is -0.254. The number of hydrogen-bond acceptors (Lipinski definition) is 10. The number of ether oxygens (including phenoxy) is 4. The van der Waals surface area contributed by atoms with Gasteiger partial charge < -0.3 is 23.4 Å². The molecule has 0 N–H and O–H groups in total. The summed E-state index contributed by atoms with van der Waals surface area (Å²) >= 11 is 4.11. The fourth-order valence-corrected chi connectivity index (χ4v) is 15.5. The number of furan rings is 1. The Hall–Kier alpha value is -5.06. The Kier molecular flexibility index (Phi) is 18.2. The van der Waals surface area contributed by atoms with Crippen LogP contribution in [0.3, 0.4) is 0 Å². The van der Waals surface area contributed by atoms with Crippen LogP contribution in [-0.4, -0.2) is 56.1 Å². The third kappa shape index (κ3) is 12.2. The van der Waals surface area contributed by atoms with Crippen LogP contribution < -0.4 is 9.47 Å². The fraction of sp³-hybridized carbons (Fsp3) is 0.552. The maximum absolute atomic E-state index is 17.8. The van der Waals surface area contributed by atoms with Crippen LogP contribution in [0.1, 0.15) is 206 Å². The summed E-state index contributed by atoms with van der Waals surface area (Å²) in [6, 6.07) is 14.9. The molecule has 83 heavy (non-hydrogen) atoms. The van der Waals surface area contributed by atoms with E-state index in [9.17, 15) is 9.59 Å². The van der Waals surface area contributed by atoms with Crippen LogP contribution in [-0.2, 0) is 46.1 Å². The second-order valence-corrected chi connectivity index (χ2v) is 29.2. The van der Waals surface area contributed by atoms with E-state index in [1.165, 1.54) is 53.7 Å². The third-order valence-corrected chi connectivity index (χ3v) is 21.2. The lowest BCUT2D eigenvalue weighted by Gasteiger charge is -2.39. The molecule has 0 saturated heterocycles. The summed E-state index contributed by atoms with van der Waals surface area (Å²) in [6.45, 7) is 31.1. The Morgan fingerprint density at radius 1 is 0.578 bits per heavy atom. The molecule has 0 saturated carbocycles. The SMILES string of the molecule is CCCC.CCOC(=O)CCCOc1cc2oc(-c3ccc(C(C)(C)C)cc3)c(C3=C(c4cc(-c5cc6c(s5)C(C)(C)CCC6(C)C)sc4-c4cc5c(s4)C(C)(C)CCC5(C)C)C(F)(F)C(F)(F)C3(F)F)c2cc1OCCCC(=O)OCC.